The SMILES string of the molecule is CCCCCNC(=O)c1cncc(C(=O)N2CCN(CC)CC2)c1. The smallest absolute Gasteiger partial charge is 0.255 e. The van der Waals surface area contributed by atoms with Crippen LogP contribution in [0.4, 0.5) is 0 Å². The summed E-state index contributed by atoms with van der Waals surface area (Å²) in [5.41, 5.74) is 0.936. The van der Waals surface area contributed by atoms with Gasteiger partial charge in [-0.15, -0.1) is 0 Å². The van der Waals surface area contributed by atoms with Gasteiger partial charge in [-0.25, -0.2) is 0 Å². The fourth-order valence-electron chi connectivity index (χ4n) is 2.81. The second kappa shape index (κ2) is 9.37. The summed E-state index contributed by atoms with van der Waals surface area (Å²) >= 11 is 0. The van der Waals surface area contributed by atoms with Gasteiger partial charge in [0.25, 0.3) is 11.8 Å². The van der Waals surface area contributed by atoms with Crippen LogP contribution in [0.1, 0.15) is 53.8 Å². The molecule has 24 heavy (non-hydrogen) atoms. The van der Waals surface area contributed by atoms with Crippen molar-refractivity contribution in [3.05, 3.63) is 29.6 Å². The van der Waals surface area contributed by atoms with Crippen molar-refractivity contribution in [1.29, 1.82) is 0 Å². The predicted molar refractivity (Wildman–Crippen MR) is 94.1 cm³/mol. The molecule has 0 aromatic carbocycles. The third-order valence-corrected chi connectivity index (χ3v) is 4.42. The Bertz CT molecular complexity index is 554. The second-order valence-electron chi connectivity index (χ2n) is 6.15. The van der Waals surface area contributed by atoms with Gasteiger partial charge in [0.2, 0.25) is 0 Å². The highest BCUT2D eigenvalue weighted by Crippen LogP contribution is 2.10. The molecule has 2 amide bonds. The second-order valence-corrected chi connectivity index (χ2v) is 6.15. The summed E-state index contributed by atoms with van der Waals surface area (Å²) in [5.74, 6) is -0.206. The van der Waals surface area contributed by atoms with Crippen molar-refractivity contribution in [2.75, 3.05) is 39.3 Å². The summed E-state index contributed by atoms with van der Waals surface area (Å²) in [4.78, 5) is 33.0. The predicted octanol–water partition coefficient (Wildman–Crippen LogP) is 1.78. The molecule has 2 rings (SSSR count). The van der Waals surface area contributed by atoms with E-state index in [0.29, 0.717) is 17.7 Å². The number of rotatable bonds is 7. The van der Waals surface area contributed by atoms with Crippen LogP contribution in [0.5, 0.6) is 0 Å². The zero-order chi connectivity index (χ0) is 17.4. The Morgan fingerprint density at radius 2 is 1.79 bits per heavy atom. The van der Waals surface area contributed by atoms with Crippen molar-refractivity contribution in [3.8, 4) is 0 Å². The maximum atomic E-state index is 12.6. The summed E-state index contributed by atoms with van der Waals surface area (Å²) in [6.07, 6.45) is 6.24. The Labute approximate surface area is 144 Å². The van der Waals surface area contributed by atoms with Crippen LogP contribution in [0.15, 0.2) is 18.5 Å². The minimum atomic E-state index is -0.163. The monoisotopic (exact) mass is 332 g/mol. The molecule has 0 atom stereocenters. The Balaban J connectivity index is 1.94. The van der Waals surface area contributed by atoms with Gasteiger partial charge in [0, 0.05) is 45.1 Å². The number of carbonyl (C=O) groups excluding carboxylic acids is 2. The zero-order valence-electron chi connectivity index (χ0n) is 14.8. The first-order valence-electron chi connectivity index (χ1n) is 8.90. The minimum absolute atomic E-state index is 0.0427. The number of likely N-dealkylation sites (N-methyl/N-ethyl adjacent to an activating group) is 1. The molecule has 0 unspecified atom stereocenters. The van der Waals surface area contributed by atoms with Crippen molar-refractivity contribution < 1.29 is 9.59 Å². The lowest BCUT2D eigenvalue weighted by Gasteiger charge is -2.34. The summed E-state index contributed by atoms with van der Waals surface area (Å²) in [5, 5.41) is 2.88. The van der Waals surface area contributed by atoms with E-state index in [2.05, 4.69) is 29.0 Å². The molecule has 0 aliphatic carbocycles. The Hall–Kier alpha value is -1.95. The molecule has 1 saturated heterocycles. The summed E-state index contributed by atoms with van der Waals surface area (Å²) < 4.78 is 0. The number of hydrogen-bond acceptors (Lipinski definition) is 4. The van der Waals surface area contributed by atoms with E-state index in [9.17, 15) is 9.59 Å². The standard InChI is InChI=1S/C18H28N4O2/c1-3-5-6-7-20-17(23)15-12-16(14-19-13-15)18(24)22-10-8-21(4-2)9-11-22/h12-14H,3-11H2,1-2H3,(H,20,23). The first-order valence-corrected chi connectivity index (χ1v) is 8.90. The van der Waals surface area contributed by atoms with E-state index in [-0.39, 0.29) is 11.8 Å². The van der Waals surface area contributed by atoms with Gasteiger partial charge in [-0.1, -0.05) is 26.7 Å². The molecule has 6 nitrogen and oxygen atoms in total. The molecule has 1 fully saturated rings. The summed E-state index contributed by atoms with van der Waals surface area (Å²) in [6.45, 7) is 9.16. The minimum Gasteiger partial charge on any atom is -0.352 e. The first-order chi connectivity index (χ1) is 11.7. The van der Waals surface area contributed by atoms with Crippen LogP contribution in [0, 0.1) is 0 Å². The molecule has 2 heterocycles. The lowest BCUT2D eigenvalue weighted by molar-refractivity contribution is 0.0643. The number of nitrogens with one attached hydrogen (secondary N) is 1. The lowest BCUT2D eigenvalue weighted by Crippen LogP contribution is -2.48. The Kier molecular flexibility index (Phi) is 7.18. The third kappa shape index (κ3) is 5.03. The molecule has 0 saturated carbocycles. The number of pyridine rings is 1. The Morgan fingerprint density at radius 3 is 2.46 bits per heavy atom. The lowest BCUT2D eigenvalue weighted by atomic mass is 10.1. The van der Waals surface area contributed by atoms with E-state index < -0.39 is 0 Å². The van der Waals surface area contributed by atoms with Gasteiger partial charge in [0.15, 0.2) is 0 Å². The molecule has 0 spiro atoms. The molecular weight excluding hydrogens is 304 g/mol. The summed E-state index contributed by atoms with van der Waals surface area (Å²) in [7, 11) is 0. The van der Waals surface area contributed by atoms with Gasteiger partial charge in [-0.3, -0.25) is 14.6 Å². The van der Waals surface area contributed by atoms with E-state index in [4.69, 9.17) is 0 Å². The van der Waals surface area contributed by atoms with Crippen LogP contribution < -0.4 is 5.32 Å². The van der Waals surface area contributed by atoms with Crippen molar-refractivity contribution in [3.63, 3.8) is 0 Å². The fourth-order valence-corrected chi connectivity index (χ4v) is 2.81. The van der Waals surface area contributed by atoms with E-state index in [1.165, 1.54) is 6.20 Å². The highest BCUT2D eigenvalue weighted by molar-refractivity contribution is 5.99. The quantitative estimate of drug-likeness (QED) is 0.773. The summed E-state index contributed by atoms with van der Waals surface area (Å²) in [6, 6.07) is 1.65. The van der Waals surface area contributed by atoms with Crippen LogP contribution >= 0.6 is 0 Å². The third-order valence-electron chi connectivity index (χ3n) is 4.42. The first kappa shape index (κ1) is 18.4. The van der Waals surface area contributed by atoms with E-state index in [0.717, 1.165) is 52.0 Å². The fraction of sp³-hybridized carbons (Fsp3) is 0.611. The van der Waals surface area contributed by atoms with Crippen LogP contribution in [-0.2, 0) is 0 Å². The molecule has 0 radical (unpaired) electrons. The number of unbranched alkanes of at least 4 members (excludes halogenated alkanes) is 2. The van der Waals surface area contributed by atoms with Crippen molar-refractivity contribution >= 4 is 11.8 Å². The number of nitrogens with zero attached hydrogens (tertiary/aromatic N) is 3. The number of hydrogen-bond donors (Lipinski definition) is 1. The molecule has 1 aromatic rings. The van der Waals surface area contributed by atoms with Crippen LogP contribution in [0.25, 0.3) is 0 Å². The normalized spacial score (nSPS) is 15.3. The van der Waals surface area contributed by atoms with Crippen LogP contribution in [0.3, 0.4) is 0 Å². The average molecular weight is 332 g/mol. The Morgan fingerprint density at radius 1 is 1.08 bits per heavy atom. The molecule has 1 N–H and O–H groups in total. The molecular formula is C18H28N4O2. The molecule has 1 aromatic heterocycles. The van der Waals surface area contributed by atoms with E-state index in [1.54, 1.807) is 12.3 Å². The van der Waals surface area contributed by atoms with Gasteiger partial charge in [-0.05, 0) is 19.0 Å². The molecule has 132 valence electrons. The average Bonchev–Trinajstić information content (AvgIpc) is 2.64. The maximum Gasteiger partial charge on any atom is 0.255 e. The van der Waals surface area contributed by atoms with Crippen molar-refractivity contribution in [2.45, 2.75) is 33.1 Å². The van der Waals surface area contributed by atoms with Gasteiger partial charge in [-0.2, -0.15) is 0 Å². The number of aromatic nitrogens is 1. The molecule has 1 aliphatic heterocycles. The van der Waals surface area contributed by atoms with Crippen molar-refractivity contribution in [2.24, 2.45) is 0 Å². The molecule has 0 bridgehead atoms. The van der Waals surface area contributed by atoms with Gasteiger partial charge in [0.05, 0.1) is 11.1 Å². The largest absolute Gasteiger partial charge is 0.352 e. The van der Waals surface area contributed by atoms with Crippen LogP contribution in [0.2, 0.25) is 0 Å². The highest BCUT2D eigenvalue weighted by Gasteiger charge is 2.22. The van der Waals surface area contributed by atoms with Gasteiger partial charge < -0.3 is 15.1 Å². The van der Waals surface area contributed by atoms with E-state index >= 15 is 0 Å². The van der Waals surface area contributed by atoms with Gasteiger partial charge >= 0.3 is 0 Å². The van der Waals surface area contributed by atoms with Gasteiger partial charge in [0.1, 0.15) is 0 Å². The van der Waals surface area contributed by atoms with Crippen LogP contribution in [-0.4, -0.2) is 65.9 Å². The van der Waals surface area contributed by atoms with Crippen molar-refractivity contribution in [1.82, 2.24) is 20.1 Å². The highest BCUT2D eigenvalue weighted by atomic mass is 16.2. The molecule has 6 heteroatoms. The van der Waals surface area contributed by atoms with E-state index in [1.807, 2.05) is 4.90 Å². The number of piperazine rings is 1. The topological polar surface area (TPSA) is 65.5 Å². The molecule has 1 aliphatic rings. The number of amides is 2. The number of carbonyl (C=O) groups is 2. The zero-order valence-corrected chi connectivity index (χ0v) is 14.8. The maximum absolute atomic E-state index is 12.6.